The molecule has 2 aromatic carbocycles. The summed E-state index contributed by atoms with van der Waals surface area (Å²) in [7, 11) is 1.60. The number of aromatic hydroxyl groups is 1. The lowest BCUT2D eigenvalue weighted by molar-refractivity contribution is 0.0963. The number of hydrogen-bond donors (Lipinski definition) is 3. The zero-order chi connectivity index (χ0) is 15.4. The van der Waals surface area contributed by atoms with Crippen molar-refractivity contribution in [2.24, 2.45) is 0 Å². The Hall–Kier alpha value is -2.20. The Morgan fingerprint density at radius 1 is 1.24 bits per heavy atom. The van der Waals surface area contributed by atoms with Gasteiger partial charge in [0.25, 0.3) is 5.91 Å². The minimum Gasteiger partial charge on any atom is -0.506 e. The molecule has 0 aliphatic carbocycles. The maximum absolute atomic E-state index is 11.6. The number of anilines is 1. The van der Waals surface area contributed by atoms with Crippen molar-refractivity contribution in [3.05, 3.63) is 58.1 Å². The maximum Gasteiger partial charge on any atom is 0.251 e. The van der Waals surface area contributed by atoms with Gasteiger partial charge in [0.1, 0.15) is 5.75 Å². The first-order valence-corrected chi connectivity index (χ1v) is 6.93. The number of hydrogen-bond acceptors (Lipinski definition) is 3. The van der Waals surface area contributed by atoms with Gasteiger partial charge < -0.3 is 15.7 Å². The standard InChI is InChI=1S/C16H17ClN2O2/c1-10-3-5-12(16(21)18-2)8-14(10)19-9-11-4-6-15(20)13(17)7-11/h3-8,19-20H,9H2,1-2H3,(H,18,21). The summed E-state index contributed by atoms with van der Waals surface area (Å²) in [5, 5.41) is 15.6. The number of phenolic OH excluding ortho intramolecular Hbond substituents is 1. The lowest BCUT2D eigenvalue weighted by atomic mass is 10.1. The van der Waals surface area contributed by atoms with Crippen LogP contribution in [0.2, 0.25) is 5.02 Å². The van der Waals surface area contributed by atoms with E-state index in [9.17, 15) is 9.90 Å². The molecule has 0 unspecified atom stereocenters. The molecule has 3 N–H and O–H groups in total. The molecular formula is C16H17ClN2O2. The van der Waals surface area contributed by atoms with Crippen molar-refractivity contribution in [1.82, 2.24) is 5.32 Å². The molecule has 4 nitrogen and oxygen atoms in total. The number of rotatable bonds is 4. The first-order chi connectivity index (χ1) is 10.0. The van der Waals surface area contributed by atoms with Gasteiger partial charge in [0, 0.05) is 24.8 Å². The molecule has 0 fully saturated rings. The molecule has 0 saturated carbocycles. The SMILES string of the molecule is CNC(=O)c1ccc(C)c(NCc2ccc(O)c(Cl)c2)c1. The summed E-state index contributed by atoms with van der Waals surface area (Å²) < 4.78 is 0. The molecule has 0 radical (unpaired) electrons. The molecule has 0 bridgehead atoms. The average Bonchev–Trinajstić information content (AvgIpc) is 2.49. The van der Waals surface area contributed by atoms with Gasteiger partial charge in [0.15, 0.2) is 0 Å². The van der Waals surface area contributed by atoms with Crippen LogP contribution in [-0.2, 0) is 6.54 Å². The van der Waals surface area contributed by atoms with Gasteiger partial charge in [-0.25, -0.2) is 0 Å². The van der Waals surface area contributed by atoms with E-state index in [-0.39, 0.29) is 11.7 Å². The van der Waals surface area contributed by atoms with Crippen molar-refractivity contribution in [1.29, 1.82) is 0 Å². The first kappa shape index (κ1) is 15.2. The van der Waals surface area contributed by atoms with Gasteiger partial charge in [-0.05, 0) is 42.3 Å². The van der Waals surface area contributed by atoms with E-state index < -0.39 is 0 Å². The predicted octanol–water partition coefficient (Wildman–Crippen LogP) is 3.33. The summed E-state index contributed by atoms with van der Waals surface area (Å²) in [5.74, 6) is -0.0519. The fraction of sp³-hybridized carbons (Fsp3) is 0.188. The summed E-state index contributed by atoms with van der Waals surface area (Å²) in [4.78, 5) is 11.6. The molecule has 0 atom stereocenters. The van der Waals surface area contributed by atoms with Gasteiger partial charge in [0.2, 0.25) is 0 Å². The molecule has 5 heteroatoms. The van der Waals surface area contributed by atoms with E-state index in [4.69, 9.17) is 11.6 Å². The van der Waals surface area contributed by atoms with Crippen molar-refractivity contribution < 1.29 is 9.90 Å². The Labute approximate surface area is 128 Å². The summed E-state index contributed by atoms with van der Waals surface area (Å²) in [6.07, 6.45) is 0. The predicted molar refractivity (Wildman–Crippen MR) is 85.0 cm³/mol. The summed E-state index contributed by atoms with van der Waals surface area (Å²) in [5.41, 5.74) is 3.49. The highest BCUT2D eigenvalue weighted by Crippen LogP contribution is 2.24. The molecule has 0 aliphatic rings. The van der Waals surface area contributed by atoms with Crippen molar-refractivity contribution in [3.63, 3.8) is 0 Å². The molecule has 2 aromatic rings. The summed E-state index contributed by atoms with van der Waals surface area (Å²) in [6, 6.07) is 10.6. The Bertz CT molecular complexity index is 671. The fourth-order valence-corrected chi connectivity index (χ4v) is 2.16. The number of benzene rings is 2. The van der Waals surface area contributed by atoms with Crippen LogP contribution in [0.4, 0.5) is 5.69 Å². The van der Waals surface area contributed by atoms with Crippen LogP contribution in [0, 0.1) is 6.92 Å². The Morgan fingerprint density at radius 2 is 2.00 bits per heavy atom. The Morgan fingerprint density at radius 3 is 2.67 bits per heavy atom. The van der Waals surface area contributed by atoms with E-state index in [0.717, 1.165) is 16.8 Å². The van der Waals surface area contributed by atoms with E-state index in [1.807, 2.05) is 19.1 Å². The van der Waals surface area contributed by atoms with Gasteiger partial charge in [0.05, 0.1) is 5.02 Å². The molecule has 110 valence electrons. The van der Waals surface area contributed by atoms with E-state index >= 15 is 0 Å². The molecular weight excluding hydrogens is 288 g/mol. The average molecular weight is 305 g/mol. The zero-order valence-corrected chi connectivity index (χ0v) is 12.7. The first-order valence-electron chi connectivity index (χ1n) is 6.55. The van der Waals surface area contributed by atoms with Gasteiger partial charge in [-0.15, -0.1) is 0 Å². The largest absolute Gasteiger partial charge is 0.506 e. The molecule has 2 rings (SSSR count). The number of halogens is 1. The van der Waals surface area contributed by atoms with Crippen molar-refractivity contribution in [2.45, 2.75) is 13.5 Å². The van der Waals surface area contributed by atoms with Crippen LogP contribution in [0.5, 0.6) is 5.75 Å². The third kappa shape index (κ3) is 3.67. The van der Waals surface area contributed by atoms with Crippen molar-refractivity contribution >= 4 is 23.2 Å². The third-order valence-electron chi connectivity index (χ3n) is 3.22. The fourth-order valence-electron chi connectivity index (χ4n) is 1.96. The molecule has 21 heavy (non-hydrogen) atoms. The highest BCUT2D eigenvalue weighted by atomic mass is 35.5. The Kier molecular flexibility index (Phi) is 4.70. The molecule has 1 amide bonds. The van der Waals surface area contributed by atoms with E-state index in [1.165, 1.54) is 0 Å². The monoisotopic (exact) mass is 304 g/mol. The molecule has 0 spiro atoms. The van der Waals surface area contributed by atoms with Crippen molar-refractivity contribution in [2.75, 3.05) is 12.4 Å². The number of nitrogens with one attached hydrogen (secondary N) is 2. The second kappa shape index (κ2) is 6.50. The van der Waals surface area contributed by atoms with Crippen LogP contribution in [0.3, 0.4) is 0 Å². The minimum absolute atomic E-state index is 0.0678. The normalized spacial score (nSPS) is 10.2. The third-order valence-corrected chi connectivity index (χ3v) is 3.52. The highest BCUT2D eigenvalue weighted by molar-refractivity contribution is 6.32. The maximum atomic E-state index is 11.6. The molecule has 0 aliphatic heterocycles. The van der Waals surface area contributed by atoms with Crippen LogP contribution in [0.1, 0.15) is 21.5 Å². The van der Waals surface area contributed by atoms with E-state index in [2.05, 4.69) is 10.6 Å². The summed E-state index contributed by atoms with van der Waals surface area (Å²) >= 11 is 5.88. The van der Waals surface area contributed by atoms with Crippen LogP contribution < -0.4 is 10.6 Å². The zero-order valence-electron chi connectivity index (χ0n) is 11.9. The van der Waals surface area contributed by atoms with Gasteiger partial charge in [-0.1, -0.05) is 23.7 Å². The topological polar surface area (TPSA) is 61.4 Å². The van der Waals surface area contributed by atoms with E-state index in [1.54, 1.807) is 31.3 Å². The van der Waals surface area contributed by atoms with Crippen LogP contribution in [-0.4, -0.2) is 18.1 Å². The smallest absolute Gasteiger partial charge is 0.251 e. The lowest BCUT2D eigenvalue weighted by Gasteiger charge is -2.12. The molecule has 0 aromatic heterocycles. The lowest BCUT2D eigenvalue weighted by Crippen LogP contribution is -2.18. The van der Waals surface area contributed by atoms with Crippen molar-refractivity contribution in [3.8, 4) is 5.75 Å². The van der Waals surface area contributed by atoms with E-state index in [0.29, 0.717) is 17.1 Å². The van der Waals surface area contributed by atoms with Gasteiger partial charge >= 0.3 is 0 Å². The van der Waals surface area contributed by atoms with Crippen LogP contribution >= 0.6 is 11.6 Å². The van der Waals surface area contributed by atoms with Crippen LogP contribution in [0.15, 0.2) is 36.4 Å². The Balaban J connectivity index is 2.15. The summed E-state index contributed by atoms with van der Waals surface area (Å²) in [6.45, 7) is 2.53. The second-order valence-electron chi connectivity index (χ2n) is 4.75. The molecule has 0 saturated heterocycles. The van der Waals surface area contributed by atoms with Gasteiger partial charge in [-0.3, -0.25) is 4.79 Å². The number of carbonyl (C=O) groups is 1. The van der Waals surface area contributed by atoms with Gasteiger partial charge in [-0.2, -0.15) is 0 Å². The number of carbonyl (C=O) groups excluding carboxylic acids is 1. The number of phenols is 1. The number of aryl methyl sites for hydroxylation is 1. The highest BCUT2D eigenvalue weighted by Gasteiger charge is 2.07. The molecule has 0 heterocycles. The second-order valence-corrected chi connectivity index (χ2v) is 5.16. The quantitative estimate of drug-likeness (QED) is 0.812. The number of amides is 1. The minimum atomic E-state index is -0.120. The van der Waals surface area contributed by atoms with Crippen LogP contribution in [0.25, 0.3) is 0 Å².